The Hall–Kier alpha value is 0.310. The first-order valence-corrected chi connectivity index (χ1v) is 8.30. The molecule has 2 saturated carbocycles. The number of rotatable bonds is 7. The lowest BCUT2D eigenvalue weighted by atomic mass is 9.80. The molecule has 2 fully saturated rings. The van der Waals surface area contributed by atoms with Crippen LogP contribution in [0.2, 0.25) is 0 Å². The summed E-state index contributed by atoms with van der Waals surface area (Å²) >= 11 is 2.26. The molecule has 0 heterocycles. The molecule has 0 saturated heterocycles. The second-order valence-electron chi connectivity index (χ2n) is 5.49. The summed E-state index contributed by atoms with van der Waals surface area (Å²) in [5.74, 6) is 2.37. The second kappa shape index (κ2) is 6.90. The van der Waals surface area contributed by atoms with Crippen LogP contribution in [-0.4, -0.2) is 23.6 Å². The Morgan fingerprint density at radius 2 is 1.88 bits per heavy atom. The van der Waals surface area contributed by atoms with E-state index in [4.69, 9.17) is 0 Å². The van der Waals surface area contributed by atoms with Gasteiger partial charge in [-0.15, -0.1) is 0 Å². The van der Waals surface area contributed by atoms with Crippen LogP contribution in [0.25, 0.3) is 0 Å². The topological polar surface area (TPSA) is 12.0 Å². The molecule has 0 aliphatic heterocycles. The Labute approximate surface area is 105 Å². The van der Waals surface area contributed by atoms with Crippen molar-refractivity contribution in [3.05, 3.63) is 0 Å². The lowest BCUT2D eigenvalue weighted by molar-refractivity contribution is 0.244. The molecule has 2 heteroatoms. The van der Waals surface area contributed by atoms with E-state index in [-0.39, 0.29) is 0 Å². The van der Waals surface area contributed by atoms with Crippen molar-refractivity contribution in [2.75, 3.05) is 12.3 Å². The van der Waals surface area contributed by atoms with Crippen LogP contribution in [0.4, 0.5) is 0 Å². The van der Waals surface area contributed by atoms with Gasteiger partial charge >= 0.3 is 0 Å². The van der Waals surface area contributed by atoms with Gasteiger partial charge in [0.1, 0.15) is 0 Å². The van der Waals surface area contributed by atoms with Crippen molar-refractivity contribution in [2.24, 2.45) is 5.92 Å². The highest BCUT2D eigenvalue weighted by molar-refractivity contribution is 7.99. The second-order valence-corrected chi connectivity index (χ2v) is 6.82. The summed E-state index contributed by atoms with van der Waals surface area (Å²) in [4.78, 5) is 0. The van der Waals surface area contributed by atoms with Crippen molar-refractivity contribution in [3.63, 3.8) is 0 Å². The van der Waals surface area contributed by atoms with Crippen molar-refractivity contribution in [1.29, 1.82) is 0 Å². The lowest BCUT2D eigenvalue weighted by Gasteiger charge is -2.35. The average molecular weight is 241 g/mol. The Morgan fingerprint density at radius 3 is 2.44 bits per heavy atom. The Bertz CT molecular complexity index is 185. The zero-order chi connectivity index (χ0) is 11.2. The standard InChI is InChI=1S/C14H27NS/c1-2-10-15-14(12-6-5-7-12)11-16-13-8-3-4-9-13/h12-15H,2-11H2,1H3. The predicted molar refractivity (Wildman–Crippen MR) is 74.1 cm³/mol. The fraction of sp³-hybridized carbons (Fsp3) is 1.00. The van der Waals surface area contributed by atoms with Gasteiger partial charge in [-0.25, -0.2) is 0 Å². The van der Waals surface area contributed by atoms with Gasteiger partial charge in [0.15, 0.2) is 0 Å². The van der Waals surface area contributed by atoms with Gasteiger partial charge in [-0.05, 0) is 44.6 Å². The minimum Gasteiger partial charge on any atom is -0.313 e. The van der Waals surface area contributed by atoms with Crippen molar-refractivity contribution in [1.82, 2.24) is 5.32 Å². The maximum absolute atomic E-state index is 3.77. The molecule has 94 valence electrons. The van der Waals surface area contributed by atoms with Crippen LogP contribution >= 0.6 is 11.8 Å². The largest absolute Gasteiger partial charge is 0.313 e. The van der Waals surface area contributed by atoms with Crippen molar-refractivity contribution < 1.29 is 0 Å². The molecule has 0 aromatic rings. The van der Waals surface area contributed by atoms with E-state index in [9.17, 15) is 0 Å². The Kier molecular flexibility index (Phi) is 5.51. The molecule has 0 bridgehead atoms. The van der Waals surface area contributed by atoms with Crippen molar-refractivity contribution in [2.45, 2.75) is 69.6 Å². The molecule has 0 amide bonds. The highest BCUT2D eigenvalue weighted by atomic mass is 32.2. The third kappa shape index (κ3) is 3.66. The fourth-order valence-corrected chi connectivity index (χ4v) is 4.36. The van der Waals surface area contributed by atoms with Gasteiger partial charge in [0, 0.05) is 17.0 Å². The molecular weight excluding hydrogens is 214 g/mol. The molecule has 2 rings (SSSR count). The van der Waals surface area contributed by atoms with Gasteiger partial charge in [0.05, 0.1) is 0 Å². The summed E-state index contributed by atoms with van der Waals surface area (Å²) in [5, 5.41) is 4.77. The molecule has 1 nitrogen and oxygen atoms in total. The molecule has 16 heavy (non-hydrogen) atoms. The van der Waals surface area contributed by atoms with Crippen LogP contribution in [0.5, 0.6) is 0 Å². The average Bonchev–Trinajstić information content (AvgIpc) is 2.72. The highest BCUT2D eigenvalue weighted by Crippen LogP contribution is 2.34. The molecular formula is C14H27NS. The zero-order valence-corrected chi connectivity index (χ0v) is 11.5. The van der Waals surface area contributed by atoms with Gasteiger partial charge in [-0.2, -0.15) is 11.8 Å². The van der Waals surface area contributed by atoms with Crippen LogP contribution in [-0.2, 0) is 0 Å². The van der Waals surface area contributed by atoms with Crippen LogP contribution in [0.3, 0.4) is 0 Å². The molecule has 1 unspecified atom stereocenters. The summed E-state index contributed by atoms with van der Waals surface area (Å²) in [5.41, 5.74) is 0. The van der Waals surface area contributed by atoms with Crippen LogP contribution in [0.15, 0.2) is 0 Å². The van der Waals surface area contributed by atoms with E-state index >= 15 is 0 Å². The molecule has 0 aromatic carbocycles. The SMILES string of the molecule is CCCNC(CSC1CCCC1)C1CCC1. The predicted octanol–water partition coefficient (Wildman–Crippen LogP) is 3.83. The van der Waals surface area contributed by atoms with Crippen molar-refractivity contribution in [3.8, 4) is 0 Å². The third-order valence-corrected chi connectivity index (χ3v) is 5.68. The zero-order valence-electron chi connectivity index (χ0n) is 10.7. The van der Waals surface area contributed by atoms with E-state index in [1.54, 1.807) is 0 Å². The fourth-order valence-electron chi connectivity index (χ4n) is 2.83. The quantitative estimate of drug-likeness (QED) is 0.727. The summed E-state index contributed by atoms with van der Waals surface area (Å²) in [6.45, 7) is 3.49. The van der Waals surface area contributed by atoms with Crippen LogP contribution < -0.4 is 5.32 Å². The minimum atomic E-state index is 0.819. The van der Waals surface area contributed by atoms with Gasteiger partial charge in [-0.1, -0.05) is 26.2 Å². The molecule has 2 aliphatic carbocycles. The van der Waals surface area contributed by atoms with E-state index in [1.807, 2.05) is 0 Å². The highest BCUT2D eigenvalue weighted by Gasteiger charge is 2.27. The minimum absolute atomic E-state index is 0.819. The van der Waals surface area contributed by atoms with E-state index in [1.165, 1.54) is 63.7 Å². The lowest BCUT2D eigenvalue weighted by Crippen LogP contribution is -2.42. The van der Waals surface area contributed by atoms with E-state index in [0.717, 1.165) is 17.2 Å². The summed E-state index contributed by atoms with van der Waals surface area (Å²) in [6.07, 6.45) is 11.6. The molecule has 2 aliphatic rings. The molecule has 0 radical (unpaired) electrons. The third-order valence-electron chi connectivity index (χ3n) is 4.19. The number of hydrogen-bond acceptors (Lipinski definition) is 2. The number of thioether (sulfide) groups is 1. The van der Waals surface area contributed by atoms with Gasteiger partial charge < -0.3 is 5.32 Å². The first kappa shape index (κ1) is 12.8. The number of hydrogen-bond donors (Lipinski definition) is 1. The van der Waals surface area contributed by atoms with Crippen molar-refractivity contribution >= 4 is 11.8 Å². The Balaban J connectivity index is 1.67. The maximum Gasteiger partial charge on any atom is 0.0186 e. The van der Waals surface area contributed by atoms with Gasteiger partial charge in [-0.3, -0.25) is 0 Å². The smallest absolute Gasteiger partial charge is 0.0186 e. The monoisotopic (exact) mass is 241 g/mol. The summed E-state index contributed by atoms with van der Waals surface area (Å²) < 4.78 is 0. The summed E-state index contributed by atoms with van der Waals surface area (Å²) in [6, 6.07) is 0.819. The molecule has 1 N–H and O–H groups in total. The van der Waals surface area contributed by atoms with Gasteiger partial charge in [0.25, 0.3) is 0 Å². The first-order chi connectivity index (χ1) is 7.90. The molecule has 0 aromatic heterocycles. The molecule has 0 spiro atoms. The first-order valence-electron chi connectivity index (χ1n) is 7.25. The van der Waals surface area contributed by atoms with Gasteiger partial charge in [0.2, 0.25) is 0 Å². The van der Waals surface area contributed by atoms with E-state index in [2.05, 4.69) is 24.0 Å². The van der Waals surface area contributed by atoms with Crippen LogP contribution in [0, 0.1) is 5.92 Å². The normalized spacial score (nSPS) is 24.6. The Morgan fingerprint density at radius 1 is 1.12 bits per heavy atom. The maximum atomic E-state index is 3.77. The number of nitrogens with one attached hydrogen (secondary N) is 1. The molecule has 1 atom stereocenters. The van der Waals surface area contributed by atoms with E-state index < -0.39 is 0 Å². The summed E-state index contributed by atoms with van der Waals surface area (Å²) in [7, 11) is 0. The van der Waals surface area contributed by atoms with E-state index in [0.29, 0.717) is 0 Å². The van der Waals surface area contributed by atoms with Crippen LogP contribution in [0.1, 0.15) is 58.3 Å².